The summed E-state index contributed by atoms with van der Waals surface area (Å²) in [6, 6.07) is 75.3. The molecule has 1 atom stereocenters. The molecule has 9 rings (SSSR count). The predicted octanol–water partition coefficient (Wildman–Crippen LogP) is 22.8. The van der Waals surface area contributed by atoms with Gasteiger partial charge in [0.25, 0.3) is 0 Å². The van der Waals surface area contributed by atoms with E-state index in [1.165, 1.54) is 95.5 Å². The molecule has 0 fully saturated rings. The van der Waals surface area contributed by atoms with Crippen LogP contribution in [-0.2, 0) is 38.5 Å². The molecule has 78 heavy (non-hydrogen) atoms. The van der Waals surface area contributed by atoms with E-state index in [2.05, 4.69) is 260 Å². The van der Waals surface area contributed by atoms with Gasteiger partial charge in [0.05, 0.1) is 0 Å². The molecule has 0 radical (unpaired) electrons. The molecule has 0 aromatic heterocycles. The molecular formula is C77H103F. The van der Waals surface area contributed by atoms with Crippen LogP contribution >= 0.6 is 0 Å². The van der Waals surface area contributed by atoms with Crippen LogP contribution in [0.2, 0.25) is 0 Å². The normalized spacial score (nSPS) is 11.4. The fraction of sp³-hybridized carbons (Fsp3) is 0.377. The lowest BCUT2D eigenvalue weighted by molar-refractivity contribution is 0.411. The van der Waals surface area contributed by atoms with E-state index in [-0.39, 0.29) is 5.82 Å². The molecule has 0 heterocycles. The van der Waals surface area contributed by atoms with Crippen molar-refractivity contribution in [3.8, 4) is 0 Å². The van der Waals surface area contributed by atoms with E-state index >= 15 is 0 Å². The molecule has 0 aliphatic heterocycles. The van der Waals surface area contributed by atoms with E-state index in [9.17, 15) is 4.39 Å². The zero-order chi connectivity index (χ0) is 57.4. The topological polar surface area (TPSA) is 0 Å². The lowest BCUT2D eigenvalue weighted by Crippen LogP contribution is -2.08. The van der Waals surface area contributed by atoms with Gasteiger partial charge < -0.3 is 0 Å². The summed E-state index contributed by atoms with van der Waals surface area (Å²) >= 11 is 0. The van der Waals surface area contributed by atoms with Crippen LogP contribution in [0.5, 0.6) is 0 Å². The Balaban J connectivity index is 0.000000306. The van der Waals surface area contributed by atoms with E-state index in [1.807, 2.05) is 43.3 Å². The van der Waals surface area contributed by atoms with Crippen molar-refractivity contribution in [2.24, 2.45) is 11.3 Å². The van der Waals surface area contributed by atoms with Crippen LogP contribution in [0, 0.1) is 37.9 Å². The summed E-state index contributed by atoms with van der Waals surface area (Å²) in [5.41, 5.74) is 15.6. The van der Waals surface area contributed by atoms with E-state index in [0.717, 1.165) is 43.1 Å². The SMILES string of the molecule is CC1Cc2ccccc2C1.CCC(C)c1ccccc1.CCC(CC)c1ccccc1.CCCc1cccc(C)c1.CCCc1ccccc1F.CCc1ccccc1.Cc1cccc(CC(C)(C)C)c1.Cc1ccccc1. The van der Waals surface area contributed by atoms with Crippen LogP contribution in [0.25, 0.3) is 0 Å². The maximum Gasteiger partial charge on any atom is 0.126 e. The number of halogens is 1. The monoisotopic (exact) mass is 1050 g/mol. The molecule has 0 spiro atoms. The molecule has 0 amide bonds. The zero-order valence-corrected chi connectivity index (χ0v) is 51.2. The first-order valence-corrected chi connectivity index (χ1v) is 29.6. The van der Waals surface area contributed by atoms with Gasteiger partial charge in [-0.15, -0.1) is 0 Å². The van der Waals surface area contributed by atoms with Gasteiger partial charge in [0.2, 0.25) is 0 Å². The van der Waals surface area contributed by atoms with Gasteiger partial charge in [0.15, 0.2) is 0 Å². The second-order valence-electron chi connectivity index (χ2n) is 22.2. The molecule has 1 aliphatic rings. The van der Waals surface area contributed by atoms with Crippen molar-refractivity contribution in [2.45, 2.75) is 179 Å². The minimum Gasteiger partial charge on any atom is -0.207 e. The van der Waals surface area contributed by atoms with Crippen molar-refractivity contribution in [1.82, 2.24) is 0 Å². The van der Waals surface area contributed by atoms with Gasteiger partial charge in [0.1, 0.15) is 5.82 Å². The quantitative estimate of drug-likeness (QED) is 0.121. The first-order valence-electron chi connectivity index (χ1n) is 29.6. The average molecular weight is 1050 g/mol. The van der Waals surface area contributed by atoms with Crippen molar-refractivity contribution in [3.05, 3.63) is 285 Å². The molecule has 0 nitrogen and oxygen atoms in total. The highest BCUT2D eigenvalue weighted by molar-refractivity contribution is 5.32. The van der Waals surface area contributed by atoms with E-state index < -0.39 is 0 Å². The molecule has 0 bridgehead atoms. The number of benzene rings is 8. The van der Waals surface area contributed by atoms with Gasteiger partial charge in [-0.3, -0.25) is 0 Å². The summed E-state index contributed by atoms with van der Waals surface area (Å²) in [4.78, 5) is 0. The summed E-state index contributed by atoms with van der Waals surface area (Å²) < 4.78 is 12.8. The minimum absolute atomic E-state index is 0.0793. The van der Waals surface area contributed by atoms with Crippen molar-refractivity contribution in [3.63, 3.8) is 0 Å². The molecule has 418 valence electrons. The second-order valence-corrected chi connectivity index (χ2v) is 22.2. The van der Waals surface area contributed by atoms with Gasteiger partial charge in [-0.05, 0) is 152 Å². The third-order valence-corrected chi connectivity index (χ3v) is 13.6. The average Bonchev–Trinajstić information content (AvgIpc) is 3.84. The van der Waals surface area contributed by atoms with Crippen LogP contribution in [0.1, 0.15) is 181 Å². The van der Waals surface area contributed by atoms with Gasteiger partial charge in [-0.2, -0.15) is 0 Å². The summed E-state index contributed by atoms with van der Waals surface area (Å²) in [7, 11) is 0. The molecule has 8 aromatic carbocycles. The van der Waals surface area contributed by atoms with Crippen molar-refractivity contribution in [1.29, 1.82) is 0 Å². The smallest absolute Gasteiger partial charge is 0.126 e. The predicted molar refractivity (Wildman–Crippen MR) is 345 cm³/mol. The Labute approximate surface area is 478 Å². The highest BCUT2D eigenvalue weighted by Gasteiger charge is 2.16. The van der Waals surface area contributed by atoms with Gasteiger partial charge in [-0.1, -0.05) is 318 Å². The third kappa shape index (κ3) is 31.2. The second kappa shape index (κ2) is 40.8. The van der Waals surface area contributed by atoms with Crippen molar-refractivity contribution < 1.29 is 4.39 Å². The highest BCUT2D eigenvalue weighted by Crippen LogP contribution is 2.26. The minimum atomic E-state index is -0.0793. The molecule has 8 aromatic rings. The molecule has 1 aliphatic carbocycles. The van der Waals surface area contributed by atoms with Gasteiger partial charge in [-0.25, -0.2) is 4.39 Å². The number of aryl methyl sites for hydroxylation is 6. The van der Waals surface area contributed by atoms with Crippen molar-refractivity contribution in [2.75, 3.05) is 0 Å². The Morgan fingerprint density at radius 3 is 1.26 bits per heavy atom. The Morgan fingerprint density at radius 1 is 0.436 bits per heavy atom. The summed E-state index contributed by atoms with van der Waals surface area (Å²) in [6.45, 7) is 30.9. The van der Waals surface area contributed by atoms with Crippen LogP contribution in [0.3, 0.4) is 0 Å². The molecule has 0 N–H and O–H groups in total. The lowest BCUT2D eigenvalue weighted by atomic mass is 9.88. The van der Waals surface area contributed by atoms with Crippen LogP contribution < -0.4 is 0 Å². The van der Waals surface area contributed by atoms with Crippen LogP contribution in [0.4, 0.5) is 4.39 Å². The Hall–Kier alpha value is -6.31. The number of rotatable bonds is 11. The highest BCUT2D eigenvalue weighted by atomic mass is 19.1. The van der Waals surface area contributed by atoms with Crippen LogP contribution in [0.15, 0.2) is 218 Å². The lowest BCUT2D eigenvalue weighted by Gasteiger charge is -2.18. The molecule has 1 heteroatoms. The van der Waals surface area contributed by atoms with Crippen molar-refractivity contribution >= 4 is 0 Å². The molecule has 0 saturated carbocycles. The maximum absolute atomic E-state index is 12.8. The van der Waals surface area contributed by atoms with Gasteiger partial charge >= 0.3 is 0 Å². The Bertz CT molecular complexity index is 2620. The Kier molecular flexibility index (Phi) is 35.5. The van der Waals surface area contributed by atoms with E-state index in [1.54, 1.807) is 17.2 Å². The van der Waals surface area contributed by atoms with Crippen LogP contribution in [-0.4, -0.2) is 0 Å². The number of hydrogen-bond donors (Lipinski definition) is 0. The maximum atomic E-state index is 12.8. The zero-order valence-electron chi connectivity index (χ0n) is 51.2. The molecule has 1 unspecified atom stereocenters. The fourth-order valence-electron chi connectivity index (χ4n) is 9.09. The molecule has 0 saturated heterocycles. The van der Waals surface area contributed by atoms with E-state index in [0.29, 0.717) is 11.3 Å². The van der Waals surface area contributed by atoms with Gasteiger partial charge in [0, 0.05) is 0 Å². The first kappa shape index (κ1) is 67.8. The summed E-state index contributed by atoms with van der Waals surface area (Å²) in [5.74, 6) is 2.26. The standard InChI is InChI=1S/C12H18.C11H16.C10H12.2C10H14.C9H11F.C8H10.C7H8/c1-10-6-5-7-11(8-10)9-12(2,3)4;1-3-10(4-2)11-8-6-5-7-9-11;1-8-6-9-4-2-3-5-10(9)7-8;1-3-9(2)10-7-5-4-6-8-10;1-3-5-10-7-4-6-9(2)8-10;1-2-5-8-6-3-4-7-9(8)10;1-2-8-6-4-3-5-7-8;1-7-5-3-2-4-6-7/h5-8H,9H2,1-4H3;5-10H,3-4H2,1-2H3;2-5,8H,6-7H2,1H3;4-9H,3H2,1-2H3;4,6-8H,3,5H2,1-2H3;3-4,6-7H,2,5H2,1H3;3-7H,2H2,1H3;2-6H,1H3. The number of hydrogen-bond acceptors (Lipinski definition) is 0. The number of fused-ring (bicyclic) bond motifs is 1. The van der Waals surface area contributed by atoms with E-state index in [4.69, 9.17) is 0 Å². The Morgan fingerprint density at radius 2 is 0.846 bits per heavy atom. The first-order chi connectivity index (χ1) is 37.5. The molecular weight excluding hydrogens is 944 g/mol. The summed E-state index contributed by atoms with van der Waals surface area (Å²) in [6.07, 6.45) is 12.9. The fourth-order valence-corrected chi connectivity index (χ4v) is 9.09. The third-order valence-electron chi connectivity index (χ3n) is 13.6. The summed E-state index contributed by atoms with van der Waals surface area (Å²) in [5, 5.41) is 0. The largest absolute Gasteiger partial charge is 0.207 e.